The Morgan fingerprint density at radius 1 is 1.19 bits per heavy atom. The van der Waals surface area contributed by atoms with Crippen LogP contribution in [0.2, 0.25) is 0 Å². The smallest absolute Gasteiger partial charge is 0.126 e. The van der Waals surface area contributed by atoms with Gasteiger partial charge in [-0.1, -0.05) is 18.2 Å². The van der Waals surface area contributed by atoms with Gasteiger partial charge in [0.15, 0.2) is 0 Å². The highest BCUT2D eigenvalue weighted by molar-refractivity contribution is 5.18. The predicted molar refractivity (Wildman–Crippen MR) is 87.0 cm³/mol. The van der Waals surface area contributed by atoms with Crippen LogP contribution in [0.15, 0.2) is 24.3 Å². The summed E-state index contributed by atoms with van der Waals surface area (Å²) < 4.78 is 13.8. The van der Waals surface area contributed by atoms with Gasteiger partial charge in [-0.05, 0) is 70.7 Å². The first kappa shape index (κ1) is 16.4. The number of nitrogens with zero attached hydrogens (tertiary/aromatic N) is 1. The Morgan fingerprint density at radius 2 is 1.86 bits per heavy atom. The summed E-state index contributed by atoms with van der Waals surface area (Å²) in [5.41, 5.74) is 0.834. The van der Waals surface area contributed by atoms with Crippen LogP contribution in [0.3, 0.4) is 0 Å². The van der Waals surface area contributed by atoms with E-state index in [1.807, 2.05) is 12.1 Å². The number of hydrogen-bond acceptors (Lipinski definition) is 2. The maximum atomic E-state index is 13.8. The van der Waals surface area contributed by atoms with E-state index in [0.717, 1.165) is 37.5 Å². The molecule has 0 aliphatic carbocycles. The molecule has 0 aromatic heterocycles. The third kappa shape index (κ3) is 4.79. The minimum Gasteiger partial charge on any atom is -0.317 e. The summed E-state index contributed by atoms with van der Waals surface area (Å²) in [4.78, 5) is 2.54. The van der Waals surface area contributed by atoms with Crippen molar-refractivity contribution in [2.45, 2.75) is 52.1 Å². The summed E-state index contributed by atoms with van der Waals surface area (Å²) in [6.07, 6.45) is 3.31. The molecule has 0 saturated carbocycles. The molecule has 1 heterocycles. The second kappa shape index (κ2) is 7.90. The van der Waals surface area contributed by atoms with Crippen LogP contribution in [0.5, 0.6) is 0 Å². The van der Waals surface area contributed by atoms with Crippen LogP contribution in [-0.4, -0.2) is 36.6 Å². The van der Waals surface area contributed by atoms with Crippen molar-refractivity contribution in [1.82, 2.24) is 10.2 Å². The molecule has 1 saturated heterocycles. The molecule has 1 aliphatic heterocycles. The Hall–Kier alpha value is -0.930. The van der Waals surface area contributed by atoms with E-state index in [1.165, 1.54) is 12.8 Å². The highest BCUT2D eigenvalue weighted by atomic mass is 19.1. The molecule has 1 unspecified atom stereocenters. The van der Waals surface area contributed by atoms with Crippen LogP contribution >= 0.6 is 0 Å². The van der Waals surface area contributed by atoms with E-state index in [9.17, 15) is 4.39 Å². The minimum absolute atomic E-state index is 0.0741. The van der Waals surface area contributed by atoms with Gasteiger partial charge in [-0.3, -0.25) is 4.90 Å². The largest absolute Gasteiger partial charge is 0.317 e. The van der Waals surface area contributed by atoms with E-state index < -0.39 is 0 Å². The molecule has 21 heavy (non-hydrogen) atoms. The molecule has 1 aromatic rings. The number of hydrogen-bond donors (Lipinski definition) is 1. The average molecular weight is 292 g/mol. The summed E-state index contributed by atoms with van der Waals surface area (Å²) in [5.74, 6) is 0.701. The van der Waals surface area contributed by atoms with Gasteiger partial charge in [-0.25, -0.2) is 4.39 Å². The van der Waals surface area contributed by atoms with Gasteiger partial charge in [0.2, 0.25) is 0 Å². The van der Waals surface area contributed by atoms with Crippen LogP contribution in [-0.2, 0) is 6.42 Å². The van der Waals surface area contributed by atoms with Crippen molar-refractivity contribution in [2.24, 2.45) is 5.92 Å². The molecule has 2 rings (SSSR count). The highest BCUT2D eigenvalue weighted by Gasteiger charge is 2.23. The number of benzene rings is 1. The normalized spacial score (nSPS) is 18.4. The van der Waals surface area contributed by atoms with Crippen LogP contribution in [0, 0.1) is 11.7 Å². The van der Waals surface area contributed by atoms with Crippen LogP contribution in [0.1, 0.15) is 39.2 Å². The molecule has 0 spiro atoms. The van der Waals surface area contributed by atoms with Crippen molar-refractivity contribution in [3.05, 3.63) is 35.6 Å². The standard InChI is InChI=1S/C18H29FN2/c1-14(2)21(13-16-8-10-20-11-9-16)15(3)12-17-6-4-5-7-18(17)19/h4-7,14-16,20H,8-13H2,1-3H3. The summed E-state index contributed by atoms with van der Waals surface area (Å²) in [6.45, 7) is 10.1. The molecular weight excluding hydrogens is 263 g/mol. The summed E-state index contributed by atoms with van der Waals surface area (Å²) in [5, 5.41) is 3.43. The molecule has 1 aromatic carbocycles. The number of halogens is 1. The van der Waals surface area contributed by atoms with E-state index in [2.05, 4.69) is 31.0 Å². The third-order valence-corrected chi connectivity index (χ3v) is 4.63. The molecule has 1 aliphatic rings. The maximum absolute atomic E-state index is 13.8. The van der Waals surface area contributed by atoms with Gasteiger partial charge in [0.05, 0.1) is 0 Å². The first-order valence-electron chi connectivity index (χ1n) is 8.27. The molecule has 2 nitrogen and oxygen atoms in total. The third-order valence-electron chi connectivity index (χ3n) is 4.63. The van der Waals surface area contributed by atoms with Crippen LogP contribution in [0.25, 0.3) is 0 Å². The van der Waals surface area contributed by atoms with E-state index in [1.54, 1.807) is 12.1 Å². The van der Waals surface area contributed by atoms with Gasteiger partial charge < -0.3 is 5.32 Å². The van der Waals surface area contributed by atoms with E-state index in [4.69, 9.17) is 0 Å². The minimum atomic E-state index is -0.0741. The van der Waals surface area contributed by atoms with Crippen molar-refractivity contribution in [1.29, 1.82) is 0 Å². The van der Waals surface area contributed by atoms with E-state index >= 15 is 0 Å². The van der Waals surface area contributed by atoms with Gasteiger partial charge in [0, 0.05) is 18.6 Å². The maximum Gasteiger partial charge on any atom is 0.126 e. The fourth-order valence-corrected chi connectivity index (χ4v) is 3.36. The monoisotopic (exact) mass is 292 g/mol. The Balaban J connectivity index is 1.98. The molecule has 0 radical (unpaired) electrons. The molecular formula is C18H29FN2. The van der Waals surface area contributed by atoms with Gasteiger partial charge >= 0.3 is 0 Å². The number of rotatable bonds is 6. The SMILES string of the molecule is CC(C)N(CC1CCNCC1)C(C)Cc1ccccc1F. The van der Waals surface area contributed by atoms with Gasteiger partial charge in [-0.2, -0.15) is 0 Å². The van der Waals surface area contributed by atoms with Gasteiger partial charge in [0.25, 0.3) is 0 Å². The molecule has 0 bridgehead atoms. The number of piperidine rings is 1. The first-order valence-corrected chi connectivity index (χ1v) is 8.27. The molecule has 3 heteroatoms. The van der Waals surface area contributed by atoms with Crippen molar-refractivity contribution in [3.63, 3.8) is 0 Å². The van der Waals surface area contributed by atoms with E-state index in [-0.39, 0.29) is 5.82 Å². The summed E-state index contributed by atoms with van der Waals surface area (Å²) in [7, 11) is 0. The fraction of sp³-hybridized carbons (Fsp3) is 0.667. The van der Waals surface area contributed by atoms with E-state index in [0.29, 0.717) is 12.1 Å². The molecule has 1 atom stereocenters. The predicted octanol–water partition coefficient (Wildman–Crippen LogP) is 3.47. The van der Waals surface area contributed by atoms with Crippen LogP contribution in [0.4, 0.5) is 4.39 Å². The zero-order valence-corrected chi connectivity index (χ0v) is 13.6. The van der Waals surface area contributed by atoms with Gasteiger partial charge in [-0.15, -0.1) is 0 Å². The summed E-state index contributed by atoms with van der Waals surface area (Å²) >= 11 is 0. The average Bonchev–Trinajstić information content (AvgIpc) is 2.48. The Morgan fingerprint density at radius 3 is 2.48 bits per heavy atom. The highest BCUT2D eigenvalue weighted by Crippen LogP contribution is 2.20. The lowest BCUT2D eigenvalue weighted by atomic mass is 9.95. The zero-order chi connectivity index (χ0) is 15.2. The lowest BCUT2D eigenvalue weighted by Gasteiger charge is -2.37. The van der Waals surface area contributed by atoms with Crippen molar-refractivity contribution < 1.29 is 4.39 Å². The van der Waals surface area contributed by atoms with Gasteiger partial charge in [0.1, 0.15) is 5.82 Å². The number of nitrogens with one attached hydrogen (secondary N) is 1. The second-order valence-corrected chi connectivity index (χ2v) is 6.63. The topological polar surface area (TPSA) is 15.3 Å². The Kier molecular flexibility index (Phi) is 6.19. The van der Waals surface area contributed by atoms with Crippen molar-refractivity contribution in [3.8, 4) is 0 Å². The molecule has 1 N–H and O–H groups in total. The summed E-state index contributed by atoms with van der Waals surface area (Å²) in [6, 6.07) is 8.04. The Bertz CT molecular complexity index is 427. The van der Waals surface area contributed by atoms with Crippen molar-refractivity contribution >= 4 is 0 Å². The van der Waals surface area contributed by atoms with Crippen LogP contribution < -0.4 is 5.32 Å². The molecule has 0 amide bonds. The zero-order valence-electron chi connectivity index (χ0n) is 13.6. The second-order valence-electron chi connectivity index (χ2n) is 6.63. The molecule has 1 fully saturated rings. The Labute approximate surface area is 128 Å². The quantitative estimate of drug-likeness (QED) is 0.863. The fourth-order valence-electron chi connectivity index (χ4n) is 3.36. The first-order chi connectivity index (χ1) is 10.1. The lowest BCUT2D eigenvalue weighted by molar-refractivity contribution is 0.124. The van der Waals surface area contributed by atoms with Crippen molar-refractivity contribution in [2.75, 3.05) is 19.6 Å². The lowest BCUT2D eigenvalue weighted by Crippen LogP contribution is -2.45. The molecule has 118 valence electrons.